The molecule has 1 atom stereocenters. The summed E-state index contributed by atoms with van der Waals surface area (Å²) in [5, 5.41) is 7.85. The molecule has 0 saturated heterocycles. The average molecular weight is 580 g/mol. The zero-order chi connectivity index (χ0) is 29.9. The van der Waals surface area contributed by atoms with Crippen LogP contribution in [0.2, 0.25) is 0 Å². The number of hydrogen-bond donors (Lipinski definition) is 4. The Bertz CT molecular complexity index is 1610. The lowest BCUT2D eigenvalue weighted by Gasteiger charge is -2.17. The number of pyridine rings is 1. The van der Waals surface area contributed by atoms with Crippen LogP contribution >= 0.6 is 11.8 Å². The van der Waals surface area contributed by atoms with Crippen LogP contribution in [0.5, 0.6) is 0 Å². The van der Waals surface area contributed by atoms with Gasteiger partial charge in [-0.05, 0) is 66.6 Å². The van der Waals surface area contributed by atoms with E-state index in [1.54, 1.807) is 103 Å². The normalized spacial score (nSPS) is 11.7. The molecule has 5 N–H and O–H groups in total. The Labute approximate surface area is 247 Å². The maximum atomic E-state index is 13.3. The van der Waals surface area contributed by atoms with Crippen LogP contribution in [-0.2, 0) is 9.59 Å². The molecular formula is C32H29N5O4S. The lowest BCUT2D eigenvalue weighted by molar-refractivity contribution is -0.116. The quantitative estimate of drug-likeness (QED) is 0.144. The van der Waals surface area contributed by atoms with Crippen molar-refractivity contribution in [1.29, 1.82) is 0 Å². The van der Waals surface area contributed by atoms with Gasteiger partial charge in [-0.3, -0.25) is 24.2 Å². The van der Waals surface area contributed by atoms with Crippen LogP contribution < -0.4 is 21.7 Å². The number of para-hydroxylation sites is 1. The highest BCUT2D eigenvalue weighted by atomic mass is 32.2. The number of nitrogens with one attached hydrogen (secondary N) is 3. The predicted molar refractivity (Wildman–Crippen MR) is 165 cm³/mol. The van der Waals surface area contributed by atoms with E-state index in [4.69, 9.17) is 5.73 Å². The van der Waals surface area contributed by atoms with Crippen molar-refractivity contribution in [3.63, 3.8) is 0 Å². The largest absolute Gasteiger partial charge is 0.366 e. The minimum atomic E-state index is -0.632. The second-order valence-corrected chi connectivity index (χ2v) is 10.3. The molecule has 42 heavy (non-hydrogen) atoms. The summed E-state index contributed by atoms with van der Waals surface area (Å²) in [6, 6.07) is 25.7. The maximum Gasteiger partial charge on any atom is 0.272 e. The van der Waals surface area contributed by atoms with E-state index < -0.39 is 23.0 Å². The number of hydrogen-bond acceptors (Lipinski definition) is 6. The Morgan fingerprint density at radius 3 is 2.38 bits per heavy atom. The van der Waals surface area contributed by atoms with Gasteiger partial charge in [0.25, 0.3) is 17.7 Å². The molecule has 1 unspecified atom stereocenters. The van der Waals surface area contributed by atoms with Gasteiger partial charge in [0.05, 0.1) is 16.5 Å². The molecule has 4 aromatic rings. The topological polar surface area (TPSA) is 143 Å². The summed E-state index contributed by atoms with van der Waals surface area (Å²) < 4.78 is 0. The first kappa shape index (κ1) is 29.8. The van der Waals surface area contributed by atoms with Gasteiger partial charge in [0.2, 0.25) is 5.91 Å². The van der Waals surface area contributed by atoms with Gasteiger partial charge < -0.3 is 21.7 Å². The van der Waals surface area contributed by atoms with Crippen molar-refractivity contribution in [3.05, 3.63) is 126 Å². The van der Waals surface area contributed by atoms with Gasteiger partial charge in [-0.1, -0.05) is 49.4 Å². The molecule has 0 fully saturated rings. The molecule has 0 aliphatic heterocycles. The van der Waals surface area contributed by atoms with Gasteiger partial charge in [-0.2, -0.15) is 0 Å². The van der Waals surface area contributed by atoms with Gasteiger partial charge in [-0.25, -0.2) is 0 Å². The van der Waals surface area contributed by atoms with Crippen LogP contribution in [0.15, 0.2) is 114 Å². The van der Waals surface area contributed by atoms with E-state index in [2.05, 4.69) is 20.9 Å². The number of amides is 4. The number of thioether (sulfide) groups is 1. The summed E-state index contributed by atoms with van der Waals surface area (Å²) in [6.07, 6.45) is 5.25. The molecule has 0 aliphatic carbocycles. The Kier molecular flexibility index (Phi) is 10.2. The maximum absolute atomic E-state index is 13.3. The van der Waals surface area contributed by atoms with E-state index in [9.17, 15) is 19.2 Å². The first-order valence-electron chi connectivity index (χ1n) is 13.1. The van der Waals surface area contributed by atoms with Gasteiger partial charge in [0.15, 0.2) is 0 Å². The lowest BCUT2D eigenvalue weighted by Crippen LogP contribution is -2.30. The smallest absolute Gasteiger partial charge is 0.272 e. The zero-order valence-electron chi connectivity index (χ0n) is 22.7. The first-order chi connectivity index (χ1) is 20.3. The summed E-state index contributed by atoms with van der Waals surface area (Å²) in [5.74, 6) is -1.87. The number of nitrogens with two attached hydrogens (primary N) is 1. The molecule has 4 amide bonds. The van der Waals surface area contributed by atoms with Crippen molar-refractivity contribution in [3.8, 4) is 0 Å². The fraction of sp³-hybridized carbons (Fsp3) is 0.0938. The van der Waals surface area contributed by atoms with Crippen molar-refractivity contribution in [1.82, 2.24) is 10.3 Å². The van der Waals surface area contributed by atoms with Crippen LogP contribution in [-0.4, -0.2) is 33.9 Å². The number of nitrogens with zero attached hydrogens (tertiary/aromatic N) is 1. The molecule has 10 heteroatoms. The van der Waals surface area contributed by atoms with E-state index in [1.165, 1.54) is 11.8 Å². The Hall–Kier alpha value is -5.22. The third kappa shape index (κ3) is 8.15. The van der Waals surface area contributed by atoms with Crippen LogP contribution in [0.1, 0.15) is 39.6 Å². The van der Waals surface area contributed by atoms with E-state index in [0.29, 0.717) is 28.9 Å². The number of primary amides is 1. The number of carbonyl (C=O) groups is 4. The zero-order valence-corrected chi connectivity index (χ0v) is 23.6. The SMILES string of the molecule is CCC(Sc1cccc(NC(=O)/C(=C\c2cccnc2)NC(=O)c2ccccc2)c1)C(=O)Nc1ccccc1C(N)=O. The van der Waals surface area contributed by atoms with Crippen molar-refractivity contribution >= 4 is 52.8 Å². The van der Waals surface area contributed by atoms with Crippen molar-refractivity contribution < 1.29 is 19.2 Å². The van der Waals surface area contributed by atoms with Crippen molar-refractivity contribution in [2.24, 2.45) is 5.73 Å². The molecule has 0 spiro atoms. The molecule has 0 bridgehead atoms. The molecule has 0 saturated carbocycles. The van der Waals surface area contributed by atoms with Crippen LogP contribution in [0, 0.1) is 0 Å². The molecule has 0 radical (unpaired) electrons. The number of rotatable bonds is 11. The highest BCUT2D eigenvalue weighted by molar-refractivity contribution is 8.00. The summed E-state index contributed by atoms with van der Waals surface area (Å²) >= 11 is 1.32. The Morgan fingerprint density at radius 1 is 0.905 bits per heavy atom. The number of benzene rings is 3. The van der Waals surface area contributed by atoms with E-state index >= 15 is 0 Å². The molecule has 4 rings (SSSR count). The highest BCUT2D eigenvalue weighted by Gasteiger charge is 2.21. The Morgan fingerprint density at radius 2 is 1.67 bits per heavy atom. The third-order valence-corrected chi connectivity index (χ3v) is 7.37. The first-order valence-corrected chi connectivity index (χ1v) is 14.0. The van der Waals surface area contributed by atoms with Crippen LogP contribution in [0.4, 0.5) is 11.4 Å². The van der Waals surface area contributed by atoms with E-state index in [-0.39, 0.29) is 17.2 Å². The minimum Gasteiger partial charge on any atom is -0.366 e. The predicted octanol–water partition coefficient (Wildman–Crippen LogP) is 5.10. The van der Waals surface area contributed by atoms with Crippen molar-refractivity contribution in [2.45, 2.75) is 23.5 Å². The summed E-state index contributed by atoms with van der Waals surface area (Å²) in [6.45, 7) is 1.88. The molecule has 3 aromatic carbocycles. The summed E-state index contributed by atoms with van der Waals surface area (Å²) in [7, 11) is 0. The van der Waals surface area contributed by atoms with E-state index in [0.717, 1.165) is 4.90 Å². The third-order valence-electron chi connectivity index (χ3n) is 6.01. The molecule has 9 nitrogen and oxygen atoms in total. The lowest BCUT2D eigenvalue weighted by atomic mass is 10.1. The minimum absolute atomic E-state index is 0.0360. The second-order valence-electron chi connectivity index (χ2n) is 9.06. The molecule has 0 aliphatic rings. The monoisotopic (exact) mass is 579 g/mol. The molecule has 1 heterocycles. The fourth-order valence-electron chi connectivity index (χ4n) is 3.92. The summed E-state index contributed by atoms with van der Waals surface area (Å²) in [5.41, 5.74) is 7.57. The second kappa shape index (κ2) is 14.4. The van der Waals surface area contributed by atoms with Gasteiger partial charge >= 0.3 is 0 Å². The molecule has 212 valence electrons. The van der Waals surface area contributed by atoms with Crippen LogP contribution in [0.3, 0.4) is 0 Å². The standard InChI is InChI=1S/C32H29N5O4S/c1-2-28(32(41)36-26-16-7-6-15-25(26)29(33)38)42-24-14-8-13-23(19-24)35-31(40)27(18-21-10-9-17-34-20-21)37-30(39)22-11-4-3-5-12-22/h3-20,28H,2H2,1H3,(H2,33,38)(H,35,40)(H,36,41)(H,37,39)/b27-18+. The summed E-state index contributed by atoms with van der Waals surface area (Å²) in [4.78, 5) is 55.8. The van der Waals surface area contributed by atoms with Gasteiger partial charge in [-0.15, -0.1) is 11.8 Å². The van der Waals surface area contributed by atoms with Gasteiger partial charge in [0.1, 0.15) is 5.70 Å². The highest BCUT2D eigenvalue weighted by Crippen LogP contribution is 2.29. The van der Waals surface area contributed by atoms with Crippen molar-refractivity contribution in [2.75, 3.05) is 10.6 Å². The average Bonchev–Trinajstić information content (AvgIpc) is 3.00. The van der Waals surface area contributed by atoms with Crippen LogP contribution in [0.25, 0.3) is 6.08 Å². The number of anilines is 2. The molecular weight excluding hydrogens is 550 g/mol. The Balaban J connectivity index is 1.49. The molecule has 1 aromatic heterocycles. The number of carbonyl (C=O) groups excluding carboxylic acids is 4. The fourth-order valence-corrected chi connectivity index (χ4v) is 4.94. The number of aromatic nitrogens is 1. The van der Waals surface area contributed by atoms with Gasteiger partial charge in [0, 0.05) is 28.5 Å². The van der Waals surface area contributed by atoms with E-state index in [1.807, 2.05) is 13.0 Å².